The molecule has 0 aliphatic heterocycles. The van der Waals surface area contributed by atoms with Crippen molar-refractivity contribution in [1.82, 2.24) is 10.2 Å². The molecule has 0 aliphatic rings. The fraction of sp³-hybridized carbons (Fsp3) is 0.615. The lowest BCUT2D eigenvalue weighted by atomic mass is 10.4. The molecule has 0 saturated heterocycles. The summed E-state index contributed by atoms with van der Waals surface area (Å²) in [5.41, 5.74) is 0. The van der Waals surface area contributed by atoms with Crippen molar-refractivity contribution < 1.29 is 9.66 Å². The Morgan fingerprint density at radius 1 is 1.57 bits per heavy atom. The fourth-order valence-electron chi connectivity index (χ4n) is 1.65. The Morgan fingerprint density at radius 3 is 2.95 bits per heavy atom. The lowest BCUT2D eigenvalue weighted by Crippen LogP contribution is -2.31. The number of nitrogens with one attached hydrogen (secondary N) is 1. The molecule has 7 nitrogen and oxygen atoms in total. The predicted molar refractivity (Wildman–Crippen MR) is 85.0 cm³/mol. The van der Waals surface area contributed by atoms with Gasteiger partial charge < -0.3 is 15.0 Å². The second-order valence-electron chi connectivity index (χ2n) is 4.78. The summed E-state index contributed by atoms with van der Waals surface area (Å²) in [6.07, 6.45) is 0.760. The van der Waals surface area contributed by atoms with Gasteiger partial charge in [0.2, 0.25) is 0 Å². The number of hydrogen-bond donors (Lipinski definition) is 1. The maximum atomic E-state index is 10.4. The Labute approximate surface area is 128 Å². The molecule has 0 aliphatic carbocycles. The molecule has 0 atom stereocenters. The Balaban J connectivity index is 2.19. The third kappa shape index (κ3) is 7.62. The minimum Gasteiger partial charge on any atom is -0.493 e. The SMILES string of the molecule is CN=C(C[N+](=O)[O-])NCCCOc1csc(CN(C)C)c1. The first-order chi connectivity index (χ1) is 10.0. The number of hydrogen-bond acceptors (Lipinski definition) is 6. The molecule has 1 aromatic heterocycles. The number of amidine groups is 1. The maximum Gasteiger partial charge on any atom is 0.259 e. The van der Waals surface area contributed by atoms with E-state index in [4.69, 9.17) is 4.74 Å². The van der Waals surface area contributed by atoms with Crippen LogP contribution in [0.4, 0.5) is 0 Å². The van der Waals surface area contributed by atoms with Crippen LogP contribution in [0.1, 0.15) is 11.3 Å². The molecule has 1 heterocycles. The highest BCUT2D eigenvalue weighted by Crippen LogP contribution is 2.22. The van der Waals surface area contributed by atoms with Crippen LogP contribution in [-0.2, 0) is 6.54 Å². The van der Waals surface area contributed by atoms with E-state index in [1.807, 2.05) is 25.5 Å². The molecule has 0 bridgehead atoms. The molecule has 0 radical (unpaired) electrons. The maximum absolute atomic E-state index is 10.4. The standard InChI is InChI=1S/C13H22N4O3S/c1-14-13(9-17(18)19)15-5-4-6-20-11-7-12(21-10-11)8-16(2)3/h7,10H,4-6,8-9H2,1-3H3,(H,14,15). The zero-order chi connectivity index (χ0) is 15.7. The largest absolute Gasteiger partial charge is 0.493 e. The van der Waals surface area contributed by atoms with Gasteiger partial charge in [0.25, 0.3) is 6.54 Å². The summed E-state index contributed by atoms with van der Waals surface area (Å²) < 4.78 is 5.64. The molecule has 8 heteroatoms. The first-order valence-corrected chi connectivity index (χ1v) is 7.55. The van der Waals surface area contributed by atoms with Crippen LogP contribution in [0, 0.1) is 10.1 Å². The molecular weight excluding hydrogens is 292 g/mol. The predicted octanol–water partition coefficient (Wildman–Crippen LogP) is 1.47. The number of thiophene rings is 1. The zero-order valence-corrected chi connectivity index (χ0v) is 13.5. The van der Waals surface area contributed by atoms with E-state index < -0.39 is 4.92 Å². The highest BCUT2D eigenvalue weighted by molar-refractivity contribution is 7.10. The minimum atomic E-state index is -0.399. The summed E-state index contributed by atoms with van der Waals surface area (Å²) in [7, 11) is 5.60. The van der Waals surface area contributed by atoms with Crippen LogP contribution in [0.3, 0.4) is 0 Å². The van der Waals surface area contributed by atoms with E-state index in [2.05, 4.69) is 15.2 Å². The van der Waals surface area contributed by atoms with Crippen LogP contribution in [0.25, 0.3) is 0 Å². The minimum absolute atomic E-state index is 0.268. The summed E-state index contributed by atoms with van der Waals surface area (Å²) in [4.78, 5) is 17.2. The molecule has 1 N–H and O–H groups in total. The lowest BCUT2D eigenvalue weighted by molar-refractivity contribution is -0.463. The number of nitro groups is 1. The highest BCUT2D eigenvalue weighted by Gasteiger charge is 2.05. The van der Waals surface area contributed by atoms with Gasteiger partial charge in [0.05, 0.1) is 6.61 Å². The van der Waals surface area contributed by atoms with Crippen LogP contribution in [0.5, 0.6) is 5.75 Å². The molecule has 1 aromatic rings. The molecule has 0 saturated carbocycles. The van der Waals surface area contributed by atoms with Crippen LogP contribution in [-0.4, -0.2) is 56.5 Å². The summed E-state index contributed by atoms with van der Waals surface area (Å²) in [6, 6.07) is 2.05. The Kier molecular flexibility index (Phi) is 7.70. The van der Waals surface area contributed by atoms with Crippen molar-refractivity contribution in [2.24, 2.45) is 4.99 Å². The van der Waals surface area contributed by atoms with E-state index in [0.29, 0.717) is 19.0 Å². The quantitative estimate of drug-likeness (QED) is 0.245. The average molecular weight is 314 g/mol. The average Bonchev–Trinajstić information content (AvgIpc) is 2.83. The summed E-state index contributed by atoms with van der Waals surface area (Å²) >= 11 is 1.68. The third-order valence-electron chi connectivity index (χ3n) is 2.57. The van der Waals surface area contributed by atoms with Crippen LogP contribution < -0.4 is 10.1 Å². The van der Waals surface area contributed by atoms with E-state index in [1.165, 1.54) is 4.88 Å². The highest BCUT2D eigenvalue weighted by atomic mass is 32.1. The monoisotopic (exact) mass is 314 g/mol. The van der Waals surface area contributed by atoms with Gasteiger partial charge in [0, 0.05) is 35.3 Å². The van der Waals surface area contributed by atoms with Crippen molar-refractivity contribution in [1.29, 1.82) is 0 Å². The van der Waals surface area contributed by atoms with E-state index in [-0.39, 0.29) is 6.54 Å². The van der Waals surface area contributed by atoms with Crippen LogP contribution in [0.2, 0.25) is 0 Å². The van der Waals surface area contributed by atoms with Gasteiger partial charge in [0.15, 0.2) is 5.84 Å². The molecule has 0 aromatic carbocycles. The zero-order valence-electron chi connectivity index (χ0n) is 12.7. The van der Waals surface area contributed by atoms with Gasteiger partial charge in [-0.05, 0) is 26.6 Å². The molecule has 0 fully saturated rings. The molecule has 0 amide bonds. The molecule has 0 spiro atoms. The lowest BCUT2D eigenvalue weighted by Gasteiger charge is -2.07. The van der Waals surface area contributed by atoms with Crippen molar-refractivity contribution in [3.8, 4) is 5.75 Å². The fourth-order valence-corrected chi connectivity index (χ4v) is 2.57. The Morgan fingerprint density at radius 2 is 2.33 bits per heavy atom. The molecular formula is C13H22N4O3S. The van der Waals surface area contributed by atoms with E-state index in [9.17, 15) is 10.1 Å². The first-order valence-electron chi connectivity index (χ1n) is 6.67. The van der Waals surface area contributed by atoms with Crippen molar-refractivity contribution in [3.05, 3.63) is 26.4 Å². The van der Waals surface area contributed by atoms with Gasteiger partial charge in [-0.2, -0.15) is 0 Å². The van der Waals surface area contributed by atoms with Gasteiger partial charge >= 0.3 is 0 Å². The van der Waals surface area contributed by atoms with Gasteiger partial charge in [0.1, 0.15) is 5.75 Å². The number of ether oxygens (including phenoxy) is 1. The van der Waals surface area contributed by atoms with Crippen molar-refractivity contribution in [3.63, 3.8) is 0 Å². The molecule has 118 valence electrons. The second kappa shape index (κ2) is 9.30. The summed E-state index contributed by atoms with van der Waals surface area (Å²) in [5, 5.41) is 15.3. The van der Waals surface area contributed by atoms with Crippen molar-refractivity contribution >= 4 is 17.2 Å². The van der Waals surface area contributed by atoms with Gasteiger partial charge in [-0.1, -0.05) is 0 Å². The van der Waals surface area contributed by atoms with E-state index in [1.54, 1.807) is 18.4 Å². The summed E-state index contributed by atoms with van der Waals surface area (Å²) in [6.45, 7) is 1.82. The summed E-state index contributed by atoms with van der Waals surface area (Å²) in [5.74, 6) is 1.27. The Bertz CT molecular complexity index is 474. The topological polar surface area (TPSA) is 80.0 Å². The number of aliphatic imine (C=N–C) groups is 1. The van der Waals surface area contributed by atoms with E-state index in [0.717, 1.165) is 18.7 Å². The number of rotatable bonds is 9. The molecule has 21 heavy (non-hydrogen) atoms. The number of nitrogens with zero attached hydrogens (tertiary/aromatic N) is 3. The Hall–Kier alpha value is -1.67. The van der Waals surface area contributed by atoms with Gasteiger partial charge in [-0.3, -0.25) is 15.1 Å². The van der Waals surface area contributed by atoms with Crippen LogP contribution >= 0.6 is 11.3 Å². The second-order valence-corrected chi connectivity index (χ2v) is 5.77. The molecule has 0 unspecified atom stereocenters. The smallest absolute Gasteiger partial charge is 0.259 e. The molecule has 1 rings (SSSR count). The first kappa shape index (κ1) is 17.4. The van der Waals surface area contributed by atoms with Gasteiger partial charge in [-0.15, -0.1) is 11.3 Å². The van der Waals surface area contributed by atoms with Gasteiger partial charge in [-0.25, -0.2) is 0 Å². The normalized spacial score (nSPS) is 11.7. The van der Waals surface area contributed by atoms with Crippen molar-refractivity contribution in [2.45, 2.75) is 13.0 Å². The van der Waals surface area contributed by atoms with E-state index >= 15 is 0 Å². The van der Waals surface area contributed by atoms with Crippen molar-refractivity contribution in [2.75, 3.05) is 40.8 Å². The third-order valence-corrected chi connectivity index (χ3v) is 3.47. The van der Waals surface area contributed by atoms with Crippen LogP contribution in [0.15, 0.2) is 16.4 Å².